The van der Waals surface area contributed by atoms with E-state index in [1.807, 2.05) is 0 Å². The van der Waals surface area contributed by atoms with Crippen molar-refractivity contribution in [3.8, 4) is 0 Å². The summed E-state index contributed by atoms with van der Waals surface area (Å²) in [7, 11) is 0. The fourth-order valence-electron chi connectivity index (χ4n) is 1.75. The van der Waals surface area contributed by atoms with Crippen LogP contribution < -0.4 is 10.6 Å². The lowest BCUT2D eigenvalue weighted by atomic mass is 10.1. The van der Waals surface area contributed by atoms with Crippen LogP contribution in [0.15, 0.2) is 0 Å². The summed E-state index contributed by atoms with van der Waals surface area (Å²) in [5.74, 6) is 0. The highest BCUT2D eigenvalue weighted by Crippen LogP contribution is 2.11. The molecular weight excluding hydrogens is 176 g/mol. The highest BCUT2D eigenvalue weighted by Gasteiger charge is 2.12. The smallest absolute Gasteiger partial charge is 0.0699 e. The lowest BCUT2D eigenvalue weighted by Gasteiger charge is -2.22. The fraction of sp³-hybridized carbons (Fsp3) is 1.00. The van der Waals surface area contributed by atoms with Gasteiger partial charge in [-0.2, -0.15) is 0 Å². The van der Waals surface area contributed by atoms with Crippen molar-refractivity contribution in [1.82, 2.24) is 10.6 Å². The van der Waals surface area contributed by atoms with Gasteiger partial charge in [0.05, 0.1) is 6.10 Å². The van der Waals surface area contributed by atoms with E-state index in [0.29, 0.717) is 6.10 Å². The van der Waals surface area contributed by atoms with E-state index in [1.165, 1.54) is 25.7 Å². The molecule has 0 aromatic rings. The van der Waals surface area contributed by atoms with Gasteiger partial charge in [0.2, 0.25) is 0 Å². The molecule has 1 atom stereocenters. The third-order valence-corrected chi connectivity index (χ3v) is 2.60. The summed E-state index contributed by atoms with van der Waals surface area (Å²) in [5.41, 5.74) is 0. The first-order valence-corrected chi connectivity index (χ1v) is 5.96. The minimum atomic E-state index is 0.475. The van der Waals surface area contributed by atoms with Gasteiger partial charge in [0.15, 0.2) is 0 Å². The van der Waals surface area contributed by atoms with Gasteiger partial charge in [-0.1, -0.05) is 6.92 Å². The van der Waals surface area contributed by atoms with E-state index in [1.54, 1.807) is 0 Å². The molecule has 3 nitrogen and oxygen atoms in total. The van der Waals surface area contributed by atoms with E-state index in [-0.39, 0.29) is 0 Å². The van der Waals surface area contributed by atoms with E-state index in [2.05, 4.69) is 17.6 Å². The Morgan fingerprint density at radius 2 is 2.07 bits per heavy atom. The van der Waals surface area contributed by atoms with Crippen LogP contribution in [0.1, 0.15) is 32.6 Å². The Bertz CT molecular complexity index is 124. The summed E-state index contributed by atoms with van der Waals surface area (Å²) < 4.78 is 5.63. The molecule has 0 aromatic heterocycles. The maximum absolute atomic E-state index is 5.63. The highest BCUT2D eigenvalue weighted by molar-refractivity contribution is 4.66. The second kappa shape index (κ2) is 8.21. The van der Waals surface area contributed by atoms with Crippen molar-refractivity contribution in [2.45, 2.75) is 38.7 Å². The predicted molar refractivity (Wildman–Crippen MR) is 59.6 cm³/mol. The molecule has 84 valence electrons. The summed E-state index contributed by atoms with van der Waals surface area (Å²) in [6.07, 6.45) is 5.50. The largest absolute Gasteiger partial charge is 0.377 e. The molecule has 0 spiro atoms. The van der Waals surface area contributed by atoms with Gasteiger partial charge in [-0.15, -0.1) is 0 Å². The van der Waals surface area contributed by atoms with Crippen LogP contribution in [0.25, 0.3) is 0 Å². The van der Waals surface area contributed by atoms with Crippen LogP contribution in [0.3, 0.4) is 0 Å². The molecule has 1 heterocycles. The molecule has 0 saturated carbocycles. The van der Waals surface area contributed by atoms with Gasteiger partial charge < -0.3 is 15.4 Å². The standard InChI is InChI=1S/C11H24N2O/c1-2-12-7-5-8-13-10-11-6-3-4-9-14-11/h11-13H,2-10H2,1H3. The molecule has 1 rings (SSSR count). The molecule has 3 heteroatoms. The normalized spacial score (nSPS) is 22.5. The van der Waals surface area contributed by atoms with E-state index in [9.17, 15) is 0 Å². The van der Waals surface area contributed by atoms with Gasteiger partial charge in [-0.25, -0.2) is 0 Å². The lowest BCUT2D eigenvalue weighted by Crippen LogP contribution is -2.33. The zero-order valence-electron chi connectivity index (χ0n) is 9.35. The Kier molecular flexibility index (Phi) is 7.01. The zero-order valence-corrected chi connectivity index (χ0v) is 9.35. The monoisotopic (exact) mass is 200 g/mol. The topological polar surface area (TPSA) is 33.3 Å². The molecule has 1 aliphatic heterocycles. The molecule has 1 aliphatic rings. The molecule has 1 saturated heterocycles. The number of hydrogen-bond acceptors (Lipinski definition) is 3. The van der Waals surface area contributed by atoms with Crippen LogP contribution in [0.2, 0.25) is 0 Å². The summed E-state index contributed by atoms with van der Waals surface area (Å²) in [6.45, 7) is 7.44. The molecule has 1 fully saturated rings. The summed E-state index contributed by atoms with van der Waals surface area (Å²) in [6, 6.07) is 0. The quantitative estimate of drug-likeness (QED) is 0.605. The Balaban J connectivity index is 1.82. The van der Waals surface area contributed by atoms with Gasteiger partial charge >= 0.3 is 0 Å². The van der Waals surface area contributed by atoms with Crippen LogP contribution in [-0.4, -0.2) is 38.9 Å². The van der Waals surface area contributed by atoms with E-state index < -0.39 is 0 Å². The molecule has 0 radical (unpaired) electrons. The predicted octanol–water partition coefficient (Wildman–Crippen LogP) is 1.14. The molecule has 0 amide bonds. The number of rotatable bonds is 7. The van der Waals surface area contributed by atoms with Crippen LogP contribution in [0, 0.1) is 0 Å². The molecule has 0 aromatic carbocycles. The van der Waals surface area contributed by atoms with Crippen molar-refractivity contribution in [2.75, 3.05) is 32.8 Å². The molecule has 2 N–H and O–H groups in total. The molecule has 0 aliphatic carbocycles. The lowest BCUT2D eigenvalue weighted by molar-refractivity contribution is 0.0170. The summed E-state index contributed by atoms with van der Waals surface area (Å²) >= 11 is 0. The van der Waals surface area contributed by atoms with Crippen molar-refractivity contribution in [3.05, 3.63) is 0 Å². The average molecular weight is 200 g/mol. The number of hydrogen-bond donors (Lipinski definition) is 2. The first-order chi connectivity index (χ1) is 6.93. The molecule has 1 unspecified atom stereocenters. The van der Waals surface area contributed by atoms with Gasteiger partial charge in [0.25, 0.3) is 0 Å². The molecule has 14 heavy (non-hydrogen) atoms. The first kappa shape index (κ1) is 12.0. The third kappa shape index (κ3) is 5.58. The zero-order chi connectivity index (χ0) is 10.1. The Hall–Kier alpha value is -0.120. The second-order valence-corrected chi connectivity index (χ2v) is 3.90. The minimum absolute atomic E-state index is 0.475. The Morgan fingerprint density at radius 1 is 1.21 bits per heavy atom. The van der Waals surface area contributed by atoms with Gasteiger partial charge in [0.1, 0.15) is 0 Å². The van der Waals surface area contributed by atoms with Crippen molar-refractivity contribution < 1.29 is 4.74 Å². The van der Waals surface area contributed by atoms with Gasteiger partial charge in [-0.05, 0) is 45.3 Å². The van der Waals surface area contributed by atoms with Crippen molar-refractivity contribution in [1.29, 1.82) is 0 Å². The average Bonchev–Trinajstić information content (AvgIpc) is 2.25. The molecular formula is C11H24N2O. The van der Waals surface area contributed by atoms with E-state index >= 15 is 0 Å². The molecule has 0 bridgehead atoms. The minimum Gasteiger partial charge on any atom is -0.377 e. The van der Waals surface area contributed by atoms with Gasteiger partial charge in [-0.3, -0.25) is 0 Å². The maximum atomic E-state index is 5.63. The van der Waals surface area contributed by atoms with Gasteiger partial charge in [0, 0.05) is 13.2 Å². The Labute approximate surface area is 87.6 Å². The summed E-state index contributed by atoms with van der Waals surface area (Å²) in [4.78, 5) is 0. The van der Waals surface area contributed by atoms with Crippen LogP contribution in [0.5, 0.6) is 0 Å². The fourth-order valence-corrected chi connectivity index (χ4v) is 1.75. The highest BCUT2D eigenvalue weighted by atomic mass is 16.5. The summed E-state index contributed by atoms with van der Waals surface area (Å²) in [5, 5.41) is 6.76. The Morgan fingerprint density at radius 3 is 2.79 bits per heavy atom. The van der Waals surface area contributed by atoms with E-state index in [4.69, 9.17) is 4.74 Å². The third-order valence-electron chi connectivity index (χ3n) is 2.60. The van der Waals surface area contributed by atoms with Crippen LogP contribution >= 0.6 is 0 Å². The first-order valence-electron chi connectivity index (χ1n) is 5.96. The van der Waals surface area contributed by atoms with Crippen molar-refractivity contribution in [3.63, 3.8) is 0 Å². The van der Waals surface area contributed by atoms with Crippen molar-refractivity contribution >= 4 is 0 Å². The SMILES string of the molecule is CCNCCCNCC1CCCCO1. The van der Waals surface area contributed by atoms with Crippen LogP contribution in [0.4, 0.5) is 0 Å². The maximum Gasteiger partial charge on any atom is 0.0699 e. The van der Waals surface area contributed by atoms with Crippen LogP contribution in [-0.2, 0) is 4.74 Å². The van der Waals surface area contributed by atoms with Crippen molar-refractivity contribution in [2.24, 2.45) is 0 Å². The second-order valence-electron chi connectivity index (χ2n) is 3.90. The number of nitrogens with one attached hydrogen (secondary N) is 2. The number of ether oxygens (including phenoxy) is 1. The van der Waals surface area contributed by atoms with E-state index in [0.717, 1.165) is 32.8 Å².